The summed E-state index contributed by atoms with van der Waals surface area (Å²) >= 11 is 0.713. The van der Waals surface area contributed by atoms with Crippen molar-refractivity contribution in [2.24, 2.45) is 22.9 Å². The van der Waals surface area contributed by atoms with Crippen molar-refractivity contribution < 1.29 is 111 Å². The second-order valence-corrected chi connectivity index (χ2v) is 34.7. The highest BCUT2D eigenvalue weighted by molar-refractivity contribution is 8.00. The van der Waals surface area contributed by atoms with Crippen LogP contribution in [-0.4, -0.2) is 325 Å². The number of para-hydroxylation sites is 2. The minimum atomic E-state index is -2.07. The molecule has 0 radical (unpaired) electrons. The molecule has 134 heavy (non-hydrogen) atoms. The average molecular weight is 1890 g/mol. The number of methoxy groups -OCH3 is 1. The number of aliphatic hydroxyl groups excluding tert-OH is 1. The number of H-pyrrole nitrogens is 2. The molecule has 0 unspecified atom stereocenters. The first kappa shape index (κ1) is 106. The lowest BCUT2D eigenvalue weighted by molar-refractivity contribution is -0.149. The second kappa shape index (κ2) is 51.1. The van der Waals surface area contributed by atoms with Gasteiger partial charge >= 0.3 is 11.9 Å². The number of fused-ring (bicyclic) bond motifs is 4. The van der Waals surface area contributed by atoms with Gasteiger partial charge in [-0.05, 0) is 106 Å². The Hall–Kier alpha value is -13.3. The Morgan fingerprint density at radius 1 is 0.507 bits per heavy atom. The van der Waals surface area contributed by atoms with Gasteiger partial charge in [0, 0.05) is 113 Å². The summed E-state index contributed by atoms with van der Waals surface area (Å²) in [6.07, 6.45) is -1.48. The molecule has 45 heteroatoms. The molecule has 23 N–H and O–H groups in total. The summed E-state index contributed by atoms with van der Waals surface area (Å²) in [5, 5.41) is 58.6. The van der Waals surface area contributed by atoms with Crippen LogP contribution in [0.25, 0.3) is 21.8 Å². The highest BCUT2D eigenvalue weighted by Crippen LogP contribution is 2.28. The third kappa shape index (κ3) is 29.6. The zero-order valence-corrected chi connectivity index (χ0v) is 76.9. The van der Waals surface area contributed by atoms with Gasteiger partial charge in [-0.25, -0.2) is 0 Å². The summed E-state index contributed by atoms with van der Waals surface area (Å²) in [7, 11) is 5.17. The van der Waals surface area contributed by atoms with Crippen molar-refractivity contribution in [3.05, 3.63) is 102 Å². The summed E-state index contributed by atoms with van der Waals surface area (Å²) in [6, 6.07) is -2.98. The van der Waals surface area contributed by atoms with Gasteiger partial charge in [0.15, 0.2) is 0 Å². The maximum absolute atomic E-state index is 15.8. The second-order valence-electron chi connectivity index (χ2n) is 33.6. The number of likely N-dealkylation sites (N-methyl/N-ethyl adjacent to an activating group) is 3. The number of aliphatic hydroxyl groups is 1. The number of amides is 17. The molecule has 3 aliphatic rings. The van der Waals surface area contributed by atoms with Gasteiger partial charge in [0.1, 0.15) is 90.3 Å². The van der Waals surface area contributed by atoms with Gasteiger partial charge in [0.25, 0.3) is 0 Å². The van der Waals surface area contributed by atoms with Gasteiger partial charge in [-0.15, -0.1) is 11.8 Å². The number of carboxylic acid groups (broad SMARTS) is 2. The van der Waals surface area contributed by atoms with E-state index in [2.05, 4.69) is 63.1 Å². The first-order chi connectivity index (χ1) is 63.8. The quantitative estimate of drug-likeness (QED) is 0.0216. The van der Waals surface area contributed by atoms with E-state index >= 15 is 33.6 Å². The van der Waals surface area contributed by atoms with Crippen molar-refractivity contribution in [2.75, 3.05) is 72.5 Å². The van der Waals surface area contributed by atoms with Crippen molar-refractivity contribution in [1.82, 2.24) is 87.6 Å². The van der Waals surface area contributed by atoms with Crippen LogP contribution in [0.1, 0.15) is 140 Å². The molecule has 5 heterocycles. The Bertz CT molecular complexity index is 5050. The van der Waals surface area contributed by atoms with E-state index in [1.807, 2.05) is 0 Å². The molecule has 3 saturated heterocycles. The number of aromatic amines is 2. The summed E-state index contributed by atoms with van der Waals surface area (Å²) in [6.45, 7) is 2.92. The van der Waals surface area contributed by atoms with E-state index in [1.165, 1.54) is 35.2 Å². The van der Waals surface area contributed by atoms with E-state index in [-0.39, 0.29) is 83.7 Å². The van der Waals surface area contributed by atoms with Gasteiger partial charge in [0.05, 0.1) is 38.4 Å². The SMILES string of the molecule is CCCC[C@H]1C(=O)N(C)[C@@H](CCCC)C(=O)N[C@@H](CCC(=O)O)C(=O)N[C@H](C(=O)NCC(N)=O)CSCC(=O)N[C@@H](Cc2ccc(OC)cc2)C(=O)N(C)[C@@H](C)C(=O)N[C@@H](CC(N)=O)C(=O)N2CCC[C@H]2C(=O)N[C@@H](CN)C(=O)N[C@@H](CCCCN)C(=O)N2C[C@H](O)C[C@H]2C(=O)N[C@@H](Cc2c[nH]c3ccccc23)C(=O)N[C@@H](CC(=O)O)C(=O)N[C@@H](Cc2c[nH]c3ccccc23)C(=O)N1C. The fourth-order valence-corrected chi connectivity index (χ4v) is 17.2. The van der Waals surface area contributed by atoms with E-state index < -0.39 is 266 Å². The lowest BCUT2D eigenvalue weighted by Gasteiger charge is -2.36. The number of rotatable bonds is 28. The molecule has 3 aromatic carbocycles. The van der Waals surface area contributed by atoms with Crippen molar-refractivity contribution in [3.8, 4) is 5.75 Å². The highest BCUT2D eigenvalue weighted by atomic mass is 32.2. The normalized spacial score (nSPS) is 24.8. The zero-order valence-electron chi connectivity index (χ0n) is 76.1. The van der Waals surface area contributed by atoms with E-state index in [0.29, 0.717) is 75.3 Å². The standard InChI is InChI=1S/C89H125N21O23S/c1-8-10-24-67-82(125)98-58(31-32-74(115)116)78(121)105-66(77(120)96-44-72(93)113)46-134-47-73(114)97-62(35-49-27-29-53(133-7)30-28-49)85(128)106(4)48(3)76(119)102-64(39-71(92)112)88(131)109-34-18-26-68(109)83(126)104-65(41-91)81(124)99-59(23-16-17-33-90)87(130)110-45-52(111)38-70(110)84(127)101-60(36-50-42-94-56-21-14-12-19-54(50)56)79(122)100-61(40-75(117)118)80(123)103-63(37-51-43-95-57-22-15-13-20-55(51)57)86(129)108(6)69(25-11-9-2)89(132)107(67)5/h12-15,19-22,27-30,42-43,48,52,58-70,94-95,111H,8-11,16-18,23-26,31-41,44-47,90-91H2,1-7H3,(H2,92,112)(H2,93,113)(H,96,120)(H,97,114)(H,98,125)(H,99,124)(H,100,122)(H,101,127)(H,102,119)(H,103,123)(H,104,126)(H,105,121)(H,115,116)(H,117,118)/t48-,52+,58-,59-,60-,61-,62-,63-,64-,65-,66-,67-,68-,69-,70-/m0/s1. The van der Waals surface area contributed by atoms with Gasteiger partial charge < -0.3 is 131 Å². The molecular formula is C89H125N21O23S. The Morgan fingerprint density at radius 2 is 1.04 bits per heavy atom. The third-order valence-corrected chi connectivity index (χ3v) is 24.9. The van der Waals surface area contributed by atoms with Crippen LogP contribution in [0.15, 0.2) is 85.2 Å². The van der Waals surface area contributed by atoms with Gasteiger partial charge in [-0.2, -0.15) is 0 Å². The minimum absolute atomic E-state index is 0.0400. The number of nitrogens with two attached hydrogens (primary N) is 4. The summed E-state index contributed by atoms with van der Waals surface area (Å²) < 4.78 is 5.32. The zero-order chi connectivity index (χ0) is 98.3. The van der Waals surface area contributed by atoms with Gasteiger partial charge in [-0.3, -0.25) is 91.1 Å². The van der Waals surface area contributed by atoms with Crippen molar-refractivity contribution in [3.63, 3.8) is 0 Å². The number of benzene rings is 3. The number of hydrogen-bond acceptors (Lipinski definition) is 24. The lowest BCUT2D eigenvalue weighted by atomic mass is 9.99. The van der Waals surface area contributed by atoms with Gasteiger partial charge in [0.2, 0.25) is 100 Å². The number of nitrogens with one attached hydrogen (secondary N) is 12. The van der Waals surface area contributed by atoms with Crippen molar-refractivity contribution in [2.45, 2.75) is 233 Å². The summed E-state index contributed by atoms with van der Waals surface area (Å²) in [5.74, 6) is -21.0. The topological polar surface area (TPSA) is 666 Å². The van der Waals surface area contributed by atoms with Crippen molar-refractivity contribution in [1.29, 1.82) is 0 Å². The van der Waals surface area contributed by atoms with E-state index in [1.54, 1.807) is 99.0 Å². The number of carboxylic acids is 2. The Balaban J connectivity index is 1.20. The van der Waals surface area contributed by atoms with Crippen LogP contribution in [0.2, 0.25) is 0 Å². The number of aliphatic carboxylic acids is 2. The van der Waals surface area contributed by atoms with Crippen LogP contribution in [0.4, 0.5) is 0 Å². The molecule has 0 bridgehead atoms. The Kier molecular flexibility index (Phi) is 40.4. The van der Waals surface area contributed by atoms with E-state index in [4.69, 9.17) is 27.7 Å². The third-order valence-electron chi connectivity index (χ3n) is 23.9. The molecule has 730 valence electrons. The van der Waals surface area contributed by atoms with Crippen LogP contribution in [0, 0.1) is 0 Å². The molecule has 44 nitrogen and oxygen atoms in total. The number of hydrogen-bond donors (Lipinski definition) is 19. The maximum Gasteiger partial charge on any atom is 0.305 e. The number of primary amides is 2. The van der Waals surface area contributed by atoms with Crippen LogP contribution < -0.4 is 80.8 Å². The number of ether oxygens (including phenoxy) is 1. The summed E-state index contributed by atoms with van der Waals surface area (Å²) in [5.41, 5.74) is 25.7. The Labute approximate surface area is 777 Å². The number of nitrogens with zero attached hydrogens (tertiary/aromatic N) is 5. The smallest absolute Gasteiger partial charge is 0.305 e. The molecule has 0 aliphatic carbocycles. The molecule has 2 aromatic heterocycles. The number of aromatic nitrogens is 2. The number of carbonyl (C=O) groups is 19. The molecule has 3 aliphatic heterocycles. The van der Waals surface area contributed by atoms with Crippen LogP contribution in [0.3, 0.4) is 0 Å². The maximum atomic E-state index is 15.8. The van der Waals surface area contributed by atoms with Crippen LogP contribution in [-0.2, 0) is 110 Å². The molecule has 17 amide bonds. The molecule has 5 aromatic rings. The first-order valence-electron chi connectivity index (χ1n) is 44.6. The van der Waals surface area contributed by atoms with E-state index in [9.17, 15) is 72.9 Å². The molecule has 0 saturated carbocycles. The first-order valence-corrected chi connectivity index (χ1v) is 45.8. The highest BCUT2D eigenvalue weighted by Gasteiger charge is 2.47. The largest absolute Gasteiger partial charge is 0.497 e. The molecule has 8 rings (SSSR count). The Morgan fingerprint density at radius 3 is 1.63 bits per heavy atom. The summed E-state index contributed by atoms with van der Waals surface area (Å²) in [4.78, 5) is 285. The molecule has 0 spiro atoms. The fraction of sp³-hybridized carbons (Fsp3) is 0.539. The van der Waals surface area contributed by atoms with Crippen molar-refractivity contribution >= 4 is 146 Å². The average Bonchev–Trinajstić information content (AvgIpc) is 1.39. The molecular weight excluding hydrogens is 1760 g/mol. The van der Waals surface area contributed by atoms with Gasteiger partial charge in [-0.1, -0.05) is 88.1 Å². The predicted molar refractivity (Wildman–Crippen MR) is 488 cm³/mol. The monoisotopic (exact) mass is 1890 g/mol. The van der Waals surface area contributed by atoms with E-state index in [0.717, 1.165) is 24.5 Å². The number of unbranched alkanes of at least 4 members (excludes halogenated alkanes) is 3. The number of carbonyl (C=O) groups excluding carboxylic acids is 17. The number of thioether (sulfide) groups is 1. The van der Waals surface area contributed by atoms with Crippen LogP contribution in [0.5, 0.6) is 5.75 Å². The predicted octanol–water partition coefficient (Wildman–Crippen LogP) is -3.47. The fourth-order valence-electron chi connectivity index (χ4n) is 16.3. The van der Waals surface area contributed by atoms with Crippen LogP contribution >= 0.6 is 11.8 Å². The lowest BCUT2D eigenvalue weighted by Crippen LogP contribution is -2.61. The minimum Gasteiger partial charge on any atom is -0.497 e. The molecule has 3 fully saturated rings. The molecule has 15 atom stereocenters.